The first kappa shape index (κ1) is 21.4. The van der Waals surface area contributed by atoms with E-state index in [1.54, 1.807) is 0 Å². The Balaban J connectivity index is 1.57. The Morgan fingerprint density at radius 2 is 1.72 bits per heavy atom. The molecule has 2 N–H and O–H groups in total. The second kappa shape index (κ2) is 10.4. The van der Waals surface area contributed by atoms with Crippen LogP contribution in [0.5, 0.6) is 5.75 Å². The normalized spacial score (nSPS) is 10.6. The fraction of sp³-hybridized carbons (Fsp3) is 0.174. The molecule has 0 aliphatic carbocycles. The third-order valence-corrected chi connectivity index (χ3v) is 5.17. The number of amides is 1. The van der Waals surface area contributed by atoms with Crippen molar-refractivity contribution in [2.24, 2.45) is 0 Å². The minimum absolute atomic E-state index is 0.0625. The van der Waals surface area contributed by atoms with Crippen molar-refractivity contribution in [2.75, 3.05) is 11.9 Å². The van der Waals surface area contributed by atoms with Gasteiger partial charge < -0.3 is 15.4 Å². The number of hydrogen-bond acceptors (Lipinski definition) is 3. The SMILES string of the molecule is Cc1ccc(NC(=O)COc2ccc(Br)cc2CNCc2ccccc2Cl)cc1. The molecule has 0 radical (unpaired) electrons. The van der Waals surface area contributed by atoms with Crippen LogP contribution in [-0.2, 0) is 17.9 Å². The highest BCUT2D eigenvalue weighted by molar-refractivity contribution is 9.10. The van der Waals surface area contributed by atoms with Gasteiger partial charge in [0.1, 0.15) is 5.75 Å². The lowest BCUT2D eigenvalue weighted by atomic mass is 10.2. The van der Waals surface area contributed by atoms with E-state index in [0.717, 1.165) is 31.9 Å². The van der Waals surface area contributed by atoms with Crippen LogP contribution in [0.2, 0.25) is 5.02 Å². The zero-order valence-corrected chi connectivity index (χ0v) is 18.4. The van der Waals surface area contributed by atoms with Crippen LogP contribution in [0.4, 0.5) is 5.69 Å². The molecule has 0 heterocycles. The van der Waals surface area contributed by atoms with Crippen molar-refractivity contribution in [1.29, 1.82) is 0 Å². The fourth-order valence-corrected chi connectivity index (χ4v) is 3.39. The highest BCUT2D eigenvalue weighted by Crippen LogP contribution is 2.24. The van der Waals surface area contributed by atoms with E-state index in [-0.39, 0.29) is 12.5 Å². The second-order valence-electron chi connectivity index (χ2n) is 6.65. The van der Waals surface area contributed by atoms with Gasteiger partial charge in [0, 0.05) is 33.8 Å². The number of anilines is 1. The Hall–Kier alpha value is -2.34. The average molecular weight is 474 g/mol. The van der Waals surface area contributed by atoms with E-state index in [2.05, 4.69) is 26.6 Å². The Morgan fingerprint density at radius 1 is 1.00 bits per heavy atom. The number of ether oxygens (including phenoxy) is 1. The minimum Gasteiger partial charge on any atom is -0.483 e. The van der Waals surface area contributed by atoms with Crippen LogP contribution < -0.4 is 15.4 Å². The molecule has 0 aliphatic heterocycles. The van der Waals surface area contributed by atoms with Crippen LogP contribution in [0.3, 0.4) is 0 Å². The summed E-state index contributed by atoms with van der Waals surface area (Å²) in [7, 11) is 0. The van der Waals surface area contributed by atoms with E-state index in [9.17, 15) is 4.79 Å². The molecule has 3 aromatic rings. The predicted molar refractivity (Wildman–Crippen MR) is 121 cm³/mol. The highest BCUT2D eigenvalue weighted by atomic mass is 79.9. The molecule has 3 rings (SSSR count). The van der Waals surface area contributed by atoms with Gasteiger partial charge in [-0.3, -0.25) is 4.79 Å². The van der Waals surface area contributed by atoms with Gasteiger partial charge in [-0.15, -0.1) is 0 Å². The molecular weight excluding hydrogens is 452 g/mol. The van der Waals surface area contributed by atoms with Crippen LogP contribution >= 0.6 is 27.5 Å². The predicted octanol–water partition coefficient (Wildman–Crippen LogP) is 5.72. The van der Waals surface area contributed by atoms with Gasteiger partial charge in [0.25, 0.3) is 5.91 Å². The van der Waals surface area contributed by atoms with E-state index in [4.69, 9.17) is 16.3 Å². The molecule has 0 saturated carbocycles. The number of benzene rings is 3. The number of hydrogen-bond donors (Lipinski definition) is 2. The zero-order valence-electron chi connectivity index (χ0n) is 16.0. The van der Waals surface area contributed by atoms with Gasteiger partial charge >= 0.3 is 0 Å². The standard InChI is InChI=1S/C23H22BrClN2O2/c1-16-6-9-20(10-7-16)27-23(28)15-29-22-11-8-19(24)12-18(22)14-26-13-17-4-2-3-5-21(17)25/h2-12,26H,13-15H2,1H3,(H,27,28). The number of aryl methyl sites for hydroxylation is 1. The van der Waals surface area contributed by atoms with Crippen molar-refractivity contribution in [2.45, 2.75) is 20.0 Å². The van der Waals surface area contributed by atoms with E-state index >= 15 is 0 Å². The number of rotatable bonds is 8. The quantitative estimate of drug-likeness (QED) is 0.440. The van der Waals surface area contributed by atoms with E-state index in [0.29, 0.717) is 18.8 Å². The van der Waals surface area contributed by atoms with E-state index < -0.39 is 0 Å². The lowest BCUT2D eigenvalue weighted by Crippen LogP contribution is -2.21. The molecule has 6 heteroatoms. The summed E-state index contributed by atoms with van der Waals surface area (Å²) in [6.07, 6.45) is 0. The molecule has 0 saturated heterocycles. The van der Waals surface area contributed by atoms with Crippen LogP contribution in [0.25, 0.3) is 0 Å². The summed E-state index contributed by atoms with van der Waals surface area (Å²) in [5.41, 5.74) is 3.88. The van der Waals surface area contributed by atoms with Crippen molar-refractivity contribution in [1.82, 2.24) is 5.32 Å². The third-order valence-electron chi connectivity index (χ3n) is 4.31. The molecule has 1 amide bonds. The number of nitrogens with one attached hydrogen (secondary N) is 2. The minimum atomic E-state index is -0.202. The Bertz CT molecular complexity index is 977. The van der Waals surface area contributed by atoms with Crippen LogP contribution in [0, 0.1) is 6.92 Å². The first-order valence-electron chi connectivity index (χ1n) is 9.23. The van der Waals surface area contributed by atoms with Crippen LogP contribution in [0.1, 0.15) is 16.7 Å². The summed E-state index contributed by atoms with van der Waals surface area (Å²) in [6.45, 7) is 3.16. The Morgan fingerprint density at radius 3 is 2.48 bits per heavy atom. The monoisotopic (exact) mass is 472 g/mol. The van der Waals surface area contributed by atoms with Crippen molar-refractivity contribution in [3.05, 3.63) is 92.9 Å². The van der Waals surface area contributed by atoms with E-state index in [1.807, 2.05) is 73.7 Å². The number of halogens is 2. The molecule has 0 spiro atoms. The molecule has 0 aromatic heterocycles. The van der Waals surface area contributed by atoms with Crippen LogP contribution in [-0.4, -0.2) is 12.5 Å². The van der Waals surface area contributed by atoms with Crippen molar-refractivity contribution >= 4 is 39.1 Å². The largest absolute Gasteiger partial charge is 0.483 e. The van der Waals surface area contributed by atoms with Gasteiger partial charge in [0.2, 0.25) is 0 Å². The molecule has 0 bridgehead atoms. The summed E-state index contributed by atoms with van der Waals surface area (Å²) in [4.78, 5) is 12.2. The third kappa shape index (κ3) is 6.60. The molecule has 0 unspecified atom stereocenters. The summed E-state index contributed by atoms with van der Waals surface area (Å²) >= 11 is 9.70. The maximum atomic E-state index is 12.2. The smallest absolute Gasteiger partial charge is 0.262 e. The second-order valence-corrected chi connectivity index (χ2v) is 7.97. The van der Waals surface area contributed by atoms with Gasteiger partial charge in [0.05, 0.1) is 0 Å². The molecule has 3 aromatic carbocycles. The van der Waals surface area contributed by atoms with Gasteiger partial charge in [-0.25, -0.2) is 0 Å². The topological polar surface area (TPSA) is 50.4 Å². The van der Waals surface area contributed by atoms with Gasteiger partial charge in [0.15, 0.2) is 6.61 Å². The fourth-order valence-electron chi connectivity index (χ4n) is 2.78. The van der Waals surface area contributed by atoms with Crippen molar-refractivity contribution in [3.63, 3.8) is 0 Å². The highest BCUT2D eigenvalue weighted by Gasteiger charge is 2.09. The zero-order chi connectivity index (χ0) is 20.6. The van der Waals surface area contributed by atoms with Gasteiger partial charge in [-0.05, 0) is 48.9 Å². The van der Waals surface area contributed by atoms with Gasteiger partial charge in [-0.2, -0.15) is 0 Å². The summed E-state index contributed by atoms with van der Waals surface area (Å²) in [5, 5.41) is 6.95. The molecular formula is C23H22BrClN2O2. The van der Waals surface area contributed by atoms with Crippen molar-refractivity contribution < 1.29 is 9.53 Å². The molecule has 4 nitrogen and oxygen atoms in total. The lowest BCUT2D eigenvalue weighted by molar-refractivity contribution is -0.118. The summed E-state index contributed by atoms with van der Waals surface area (Å²) < 4.78 is 6.73. The van der Waals surface area contributed by atoms with Crippen molar-refractivity contribution in [3.8, 4) is 5.75 Å². The molecule has 29 heavy (non-hydrogen) atoms. The Labute approximate surface area is 184 Å². The number of carbonyl (C=O) groups is 1. The first-order chi connectivity index (χ1) is 14.0. The Kier molecular flexibility index (Phi) is 7.69. The molecule has 0 fully saturated rings. The van der Waals surface area contributed by atoms with Crippen LogP contribution in [0.15, 0.2) is 71.2 Å². The number of carbonyl (C=O) groups excluding carboxylic acids is 1. The maximum Gasteiger partial charge on any atom is 0.262 e. The molecule has 150 valence electrons. The summed E-state index contributed by atoms with van der Waals surface area (Å²) in [6, 6.07) is 21.1. The summed E-state index contributed by atoms with van der Waals surface area (Å²) in [5.74, 6) is 0.464. The van der Waals surface area contributed by atoms with Gasteiger partial charge in [-0.1, -0.05) is 63.4 Å². The maximum absolute atomic E-state index is 12.2. The average Bonchev–Trinajstić information content (AvgIpc) is 2.70. The lowest BCUT2D eigenvalue weighted by Gasteiger charge is -2.13. The molecule has 0 aliphatic rings. The first-order valence-corrected chi connectivity index (χ1v) is 10.4. The van der Waals surface area contributed by atoms with E-state index in [1.165, 1.54) is 0 Å². The molecule has 0 atom stereocenters.